The van der Waals surface area contributed by atoms with Gasteiger partial charge < -0.3 is 10.6 Å². The maximum Gasteiger partial charge on any atom is 0.255 e. The number of carbonyl (C=O) groups is 2. The van der Waals surface area contributed by atoms with Crippen molar-refractivity contribution in [2.24, 2.45) is 0 Å². The maximum absolute atomic E-state index is 12.5. The summed E-state index contributed by atoms with van der Waals surface area (Å²) in [5.74, 6) is -0.463. The predicted octanol–water partition coefficient (Wildman–Crippen LogP) is 3.94. The van der Waals surface area contributed by atoms with E-state index in [1.165, 1.54) is 31.2 Å². The SMILES string of the molecule is CCc1cccc(NC(=O)c2ccc(CNS(=O)(=O)c3ccc(NC(C)=O)cc3)cc2)c1. The summed E-state index contributed by atoms with van der Waals surface area (Å²) in [6.07, 6.45) is 0.883. The second-order valence-electron chi connectivity index (χ2n) is 7.24. The van der Waals surface area contributed by atoms with Gasteiger partial charge in [-0.25, -0.2) is 13.1 Å². The molecular weight excluding hydrogens is 426 g/mol. The standard InChI is InChI=1S/C24H25N3O4S/c1-3-18-5-4-6-22(15-18)27-24(29)20-9-7-19(8-10-20)16-25-32(30,31)23-13-11-21(12-14-23)26-17(2)28/h4-15,25H,3,16H2,1-2H3,(H,26,28)(H,27,29). The van der Waals surface area contributed by atoms with Gasteiger partial charge in [0.15, 0.2) is 0 Å². The Bertz CT molecular complexity index is 1200. The molecule has 0 fully saturated rings. The Balaban J connectivity index is 1.60. The van der Waals surface area contributed by atoms with Crippen molar-refractivity contribution in [3.8, 4) is 0 Å². The monoisotopic (exact) mass is 451 g/mol. The molecule has 3 aromatic rings. The minimum Gasteiger partial charge on any atom is -0.326 e. The number of amides is 2. The molecule has 0 spiro atoms. The molecule has 0 unspecified atom stereocenters. The number of benzene rings is 3. The highest BCUT2D eigenvalue weighted by molar-refractivity contribution is 7.89. The van der Waals surface area contributed by atoms with Crippen LogP contribution in [0.4, 0.5) is 11.4 Å². The summed E-state index contributed by atoms with van der Waals surface area (Å²) < 4.78 is 27.6. The Morgan fingerprint density at radius 3 is 2.12 bits per heavy atom. The zero-order valence-corrected chi connectivity index (χ0v) is 18.7. The van der Waals surface area contributed by atoms with Gasteiger partial charge in [0.25, 0.3) is 5.91 Å². The summed E-state index contributed by atoms with van der Waals surface area (Å²) in [6.45, 7) is 3.51. The van der Waals surface area contributed by atoms with Crippen LogP contribution in [0.5, 0.6) is 0 Å². The van der Waals surface area contributed by atoms with Crippen LogP contribution in [0.2, 0.25) is 0 Å². The first-order valence-corrected chi connectivity index (χ1v) is 11.6. The van der Waals surface area contributed by atoms with E-state index in [9.17, 15) is 18.0 Å². The van der Waals surface area contributed by atoms with Gasteiger partial charge in [0.2, 0.25) is 15.9 Å². The van der Waals surface area contributed by atoms with Crippen LogP contribution in [0.3, 0.4) is 0 Å². The zero-order valence-electron chi connectivity index (χ0n) is 17.9. The number of carbonyl (C=O) groups excluding carboxylic acids is 2. The van der Waals surface area contributed by atoms with E-state index in [2.05, 4.69) is 22.3 Å². The average molecular weight is 452 g/mol. The van der Waals surface area contributed by atoms with E-state index >= 15 is 0 Å². The molecule has 2 amide bonds. The molecule has 0 saturated heterocycles. The largest absolute Gasteiger partial charge is 0.326 e. The van der Waals surface area contributed by atoms with E-state index in [4.69, 9.17) is 0 Å². The van der Waals surface area contributed by atoms with Gasteiger partial charge in [-0.1, -0.05) is 31.2 Å². The quantitative estimate of drug-likeness (QED) is 0.482. The van der Waals surface area contributed by atoms with Gasteiger partial charge in [0.1, 0.15) is 0 Å². The van der Waals surface area contributed by atoms with E-state index < -0.39 is 10.0 Å². The molecule has 3 N–H and O–H groups in total. The van der Waals surface area contributed by atoms with Gasteiger partial charge in [0.05, 0.1) is 4.90 Å². The Labute approximate surface area is 187 Å². The van der Waals surface area contributed by atoms with Gasteiger partial charge in [-0.15, -0.1) is 0 Å². The van der Waals surface area contributed by atoms with Crippen LogP contribution >= 0.6 is 0 Å². The van der Waals surface area contributed by atoms with Crippen LogP contribution in [0.15, 0.2) is 77.7 Å². The third kappa shape index (κ3) is 6.26. The Morgan fingerprint density at radius 2 is 1.50 bits per heavy atom. The van der Waals surface area contributed by atoms with Crippen molar-refractivity contribution in [2.75, 3.05) is 10.6 Å². The zero-order chi connectivity index (χ0) is 23.1. The van der Waals surface area contributed by atoms with Crippen molar-refractivity contribution >= 4 is 33.2 Å². The molecule has 0 radical (unpaired) electrons. The highest BCUT2D eigenvalue weighted by atomic mass is 32.2. The van der Waals surface area contributed by atoms with Crippen molar-refractivity contribution < 1.29 is 18.0 Å². The third-order valence-electron chi connectivity index (χ3n) is 4.76. The van der Waals surface area contributed by atoms with Gasteiger partial charge in [-0.05, 0) is 66.1 Å². The number of hydrogen-bond donors (Lipinski definition) is 3. The molecule has 0 aliphatic heterocycles. The second kappa shape index (κ2) is 10.2. The minimum atomic E-state index is -3.72. The molecule has 0 saturated carbocycles. The molecule has 0 aliphatic rings. The molecule has 32 heavy (non-hydrogen) atoms. The van der Waals surface area contributed by atoms with Gasteiger partial charge in [0, 0.05) is 30.4 Å². The lowest BCUT2D eigenvalue weighted by atomic mass is 10.1. The molecule has 0 aliphatic carbocycles. The minimum absolute atomic E-state index is 0.0796. The van der Waals surface area contributed by atoms with Crippen LogP contribution < -0.4 is 15.4 Å². The number of aryl methyl sites for hydroxylation is 1. The fourth-order valence-corrected chi connectivity index (χ4v) is 4.05. The smallest absolute Gasteiger partial charge is 0.255 e. The Hall–Kier alpha value is -3.49. The summed E-state index contributed by atoms with van der Waals surface area (Å²) >= 11 is 0. The molecule has 166 valence electrons. The number of hydrogen-bond acceptors (Lipinski definition) is 4. The number of nitrogens with one attached hydrogen (secondary N) is 3. The average Bonchev–Trinajstić information content (AvgIpc) is 2.78. The van der Waals surface area contributed by atoms with E-state index in [0.29, 0.717) is 16.8 Å². The maximum atomic E-state index is 12.5. The summed E-state index contributed by atoms with van der Waals surface area (Å²) in [5.41, 5.74) is 3.58. The fourth-order valence-electron chi connectivity index (χ4n) is 3.03. The number of anilines is 2. The normalized spacial score (nSPS) is 11.1. The van der Waals surface area contributed by atoms with E-state index in [1.807, 2.05) is 24.3 Å². The molecule has 0 heterocycles. The highest BCUT2D eigenvalue weighted by Gasteiger charge is 2.14. The molecule has 0 bridgehead atoms. The van der Waals surface area contributed by atoms with E-state index in [0.717, 1.165) is 17.7 Å². The lowest BCUT2D eigenvalue weighted by molar-refractivity contribution is -0.114. The van der Waals surface area contributed by atoms with Crippen LogP contribution in [0, 0.1) is 0 Å². The van der Waals surface area contributed by atoms with Gasteiger partial charge in [-0.2, -0.15) is 0 Å². The lowest BCUT2D eigenvalue weighted by Crippen LogP contribution is -2.23. The first-order chi connectivity index (χ1) is 15.3. The molecule has 0 aromatic heterocycles. The number of rotatable bonds is 8. The first kappa shape index (κ1) is 23.2. The summed E-state index contributed by atoms with van der Waals surface area (Å²) in [6, 6.07) is 20.3. The van der Waals surface area contributed by atoms with Gasteiger partial charge in [-0.3, -0.25) is 9.59 Å². The predicted molar refractivity (Wildman–Crippen MR) is 125 cm³/mol. The van der Waals surface area contributed by atoms with Crippen molar-refractivity contribution in [3.63, 3.8) is 0 Å². The third-order valence-corrected chi connectivity index (χ3v) is 6.18. The van der Waals surface area contributed by atoms with Crippen LogP contribution in [-0.2, 0) is 27.8 Å². The van der Waals surface area contributed by atoms with Crippen molar-refractivity contribution in [1.82, 2.24) is 4.72 Å². The molecular formula is C24H25N3O4S. The molecule has 3 aromatic carbocycles. The van der Waals surface area contributed by atoms with Crippen molar-refractivity contribution in [1.29, 1.82) is 0 Å². The van der Waals surface area contributed by atoms with Crippen LogP contribution in [0.25, 0.3) is 0 Å². The summed E-state index contributed by atoms with van der Waals surface area (Å²) in [5, 5.41) is 5.46. The lowest BCUT2D eigenvalue weighted by Gasteiger charge is -2.09. The van der Waals surface area contributed by atoms with E-state index in [-0.39, 0.29) is 23.3 Å². The molecule has 8 heteroatoms. The van der Waals surface area contributed by atoms with Crippen LogP contribution in [0.1, 0.15) is 35.3 Å². The van der Waals surface area contributed by atoms with E-state index in [1.54, 1.807) is 24.3 Å². The van der Waals surface area contributed by atoms with Crippen LogP contribution in [-0.4, -0.2) is 20.2 Å². The molecule has 7 nitrogen and oxygen atoms in total. The summed E-state index contributed by atoms with van der Waals surface area (Å²) in [7, 11) is -3.72. The second-order valence-corrected chi connectivity index (χ2v) is 9.00. The first-order valence-electron chi connectivity index (χ1n) is 10.1. The molecule has 0 atom stereocenters. The fraction of sp³-hybridized carbons (Fsp3) is 0.167. The summed E-state index contributed by atoms with van der Waals surface area (Å²) in [4.78, 5) is 23.6. The highest BCUT2D eigenvalue weighted by Crippen LogP contribution is 2.16. The Kier molecular flexibility index (Phi) is 7.40. The Morgan fingerprint density at radius 1 is 0.812 bits per heavy atom. The topological polar surface area (TPSA) is 104 Å². The van der Waals surface area contributed by atoms with Gasteiger partial charge >= 0.3 is 0 Å². The molecule has 3 rings (SSSR count). The van der Waals surface area contributed by atoms with Crippen molar-refractivity contribution in [2.45, 2.75) is 31.7 Å². The number of sulfonamides is 1. The van der Waals surface area contributed by atoms with Crippen molar-refractivity contribution in [3.05, 3.63) is 89.5 Å².